The van der Waals surface area contributed by atoms with Crippen molar-refractivity contribution in [1.82, 2.24) is 9.80 Å². The first kappa shape index (κ1) is 26.5. The van der Waals surface area contributed by atoms with Crippen molar-refractivity contribution < 1.29 is 23.8 Å². The lowest BCUT2D eigenvalue weighted by atomic mass is 9.99. The minimum Gasteiger partial charge on any atom is -0.497 e. The van der Waals surface area contributed by atoms with Crippen LogP contribution in [-0.2, 0) is 11.2 Å². The topological polar surface area (TPSA) is 68.3 Å². The summed E-state index contributed by atoms with van der Waals surface area (Å²) in [6.45, 7) is 6.63. The first-order chi connectivity index (χ1) is 17.7. The van der Waals surface area contributed by atoms with Crippen molar-refractivity contribution in [2.75, 3.05) is 33.9 Å². The second-order valence-electron chi connectivity index (χ2n) is 9.91. The van der Waals surface area contributed by atoms with E-state index in [0.717, 1.165) is 12.0 Å². The van der Waals surface area contributed by atoms with Crippen LogP contribution in [0.25, 0.3) is 0 Å². The van der Waals surface area contributed by atoms with E-state index in [2.05, 4.69) is 11.4 Å². The van der Waals surface area contributed by atoms with Crippen LogP contribution in [0.1, 0.15) is 47.6 Å². The van der Waals surface area contributed by atoms with Crippen molar-refractivity contribution in [2.24, 2.45) is 0 Å². The van der Waals surface area contributed by atoms with E-state index in [1.165, 1.54) is 4.88 Å². The molecule has 1 aromatic heterocycles. The fraction of sp³-hybridized carbons (Fsp3) is 0.379. The Morgan fingerprint density at radius 1 is 1.03 bits per heavy atom. The van der Waals surface area contributed by atoms with Crippen LogP contribution in [0.15, 0.2) is 60.0 Å². The number of rotatable bonds is 8. The molecule has 196 valence electrons. The van der Waals surface area contributed by atoms with Gasteiger partial charge < -0.3 is 24.0 Å². The van der Waals surface area contributed by atoms with Crippen LogP contribution in [0, 0.1) is 0 Å². The summed E-state index contributed by atoms with van der Waals surface area (Å²) >= 11 is 1.70. The van der Waals surface area contributed by atoms with Gasteiger partial charge in [-0.3, -0.25) is 9.59 Å². The number of benzene rings is 2. The maximum absolute atomic E-state index is 13.8. The van der Waals surface area contributed by atoms with Gasteiger partial charge in [0, 0.05) is 22.5 Å². The number of amides is 2. The zero-order chi connectivity index (χ0) is 26.6. The second-order valence-corrected chi connectivity index (χ2v) is 10.9. The van der Waals surface area contributed by atoms with Crippen LogP contribution in [0.4, 0.5) is 0 Å². The summed E-state index contributed by atoms with van der Waals surface area (Å²) in [5.74, 6) is 1.54. The predicted octanol–water partition coefficient (Wildman–Crippen LogP) is 5.21. The first-order valence-corrected chi connectivity index (χ1v) is 13.2. The third kappa shape index (κ3) is 5.91. The average Bonchev–Trinajstić information content (AvgIpc) is 3.38. The molecule has 0 saturated heterocycles. The van der Waals surface area contributed by atoms with Crippen LogP contribution in [0.5, 0.6) is 17.2 Å². The fourth-order valence-corrected chi connectivity index (χ4v) is 5.46. The normalized spacial score (nSPS) is 15.1. The van der Waals surface area contributed by atoms with Crippen LogP contribution in [0.3, 0.4) is 0 Å². The van der Waals surface area contributed by atoms with Crippen molar-refractivity contribution in [3.8, 4) is 17.2 Å². The highest BCUT2D eigenvalue weighted by Gasteiger charge is 2.36. The van der Waals surface area contributed by atoms with Crippen LogP contribution >= 0.6 is 11.3 Å². The lowest BCUT2D eigenvalue weighted by molar-refractivity contribution is -0.136. The van der Waals surface area contributed by atoms with Crippen LogP contribution in [-0.4, -0.2) is 61.1 Å². The van der Waals surface area contributed by atoms with Gasteiger partial charge in [-0.2, -0.15) is 0 Å². The Bertz CT molecular complexity index is 1250. The molecule has 1 atom stereocenters. The molecule has 0 unspecified atom stereocenters. The largest absolute Gasteiger partial charge is 0.497 e. The molecule has 8 heteroatoms. The number of nitrogens with zero attached hydrogens (tertiary/aromatic N) is 2. The fourth-order valence-electron chi connectivity index (χ4n) is 4.53. The highest BCUT2D eigenvalue weighted by atomic mass is 32.1. The molecule has 4 rings (SSSR count). The molecular formula is C29H34N2O5S. The molecule has 0 N–H and O–H groups in total. The molecule has 7 nitrogen and oxygen atoms in total. The molecule has 2 aromatic carbocycles. The number of hydrogen-bond acceptors (Lipinski definition) is 6. The van der Waals surface area contributed by atoms with Gasteiger partial charge in [-0.15, -0.1) is 11.3 Å². The van der Waals surface area contributed by atoms with E-state index in [-0.39, 0.29) is 31.0 Å². The predicted molar refractivity (Wildman–Crippen MR) is 145 cm³/mol. The van der Waals surface area contributed by atoms with E-state index in [1.54, 1.807) is 54.7 Å². The number of ether oxygens (including phenoxy) is 3. The quantitative estimate of drug-likeness (QED) is 0.406. The number of fused-ring (bicyclic) bond motifs is 1. The summed E-state index contributed by atoms with van der Waals surface area (Å²) in [6, 6.07) is 16.3. The van der Waals surface area contributed by atoms with Crippen molar-refractivity contribution in [1.29, 1.82) is 0 Å². The Hall–Kier alpha value is -3.52. The molecule has 0 spiro atoms. The van der Waals surface area contributed by atoms with Crippen molar-refractivity contribution in [3.05, 3.63) is 76.0 Å². The van der Waals surface area contributed by atoms with E-state index >= 15 is 0 Å². The van der Waals surface area contributed by atoms with Gasteiger partial charge in [0.15, 0.2) is 11.5 Å². The van der Waals surface area contributed by atoms with Crippen molar-refractivity contribution in [2.45, 2.75) is 38.8 Å². The molecule has 0 fully saturated rings. The van der Waals surface area contributed by atoms with Crippen LogP contribution < -0.4 is 14.2 Å². The molecule has 1 aliphatic rings. The number of methoxy groups -OCH3 is 2. The summed E-state index contributed by atoms with van der Waals surface area (Å²) in [5, 5.41) is 2.06. The van der Waals surface area contributed by atoms with Gasteiger partial charge in [-0.25, -0.2) is 0 Å². The Kier molecular flexibility index (Phi) is 8.07. The molecule has 0 saturated carbocycles. The lowest BCUT2D eigenvalue weighted by Gasteiger charge is -2.40. The highest BCUT2D eigenvalue weighted by Crippen LogP contribution is 2.35. The SMILES string of the molecule is COc1cccc(C(=O)N(CC(=O)N2CCc3sccc3[C@H]2COc2ccccc2OC)C(C)(C)C)c1. The maximum atomic E-state index is 13.8. The third-order valence-corrected chi connectivity index (χ3v) is 7.54. The molecule has 0 radical (unpaired) electrons. The zero-order valence-electron chi connectivity index (χ0n) is 22.0. The Labute approximate surface area is 222 Å². The van der Waals surface area contributed by atoms with Gasteiger partial charge in [0.25, 0.3) is 5.91 Å². The monoisotopic (exact) mass is 522 g/mol. The van der Waals surface area contributed by atoms with Crippen molar-refractivity contribution in [3.63, 3.8) is 0 Å². The first-order valence-electron chi connectivity index (χ1n) is 12.3. The summed E-state index contributed by atoms with van der Waals surface area (Å²) in [5.41, 5.74) is 1.01. The Morgan fingerprint density at radius 2 is 1.78 bits per heavy atom. The van der Waals surface area contributed by atoms with Gasteiger partial charge in [0.1, 0.15) is 18.9 Å². The molecule has 3 aromatic rings. The standard InChI is InChI=1S/C29H34N2O5S/c1-29(2,3)31(28(33)20-9-8-10-21(17-20)34-4)18-27(32)30-15-13-26-22(14-16-37-26)23(30)19-36-25-12-7-6-11-24(25)35-5/h6-12,14,16-17,23H,13,15,18-19H2,1-5H3/t23-/m1/s1. The summed E-state index contributed by atoms with van der Waals surface area (Å²) < 4.78 is 16.9. The Morgan fingerprint density at radius 3 is 2.49 bits per heavy atom. The van der Waals surface area contributed by atoms with E-state index in [1.807, 2.05) is 49.9 Å². The Balaban J connectivity index is 1.57. The molecule has 2 heterocycles. The molecule has 0 aliphatic carbocycles. The highest BCUT2D eigenvalue weighted by molar-refractivity contribution is 7.10. The van der Waals surface area contributed by atoms with Gasteiger partial charge in [0.2, 0.25) is 5.91 Å². The van der Waals surface area contributed by atoms with Crippen LogP contribution in [0.2, 0.25) is 0 Å². The van der Waals surface area contributed by atoms with Crippen molar-refractivity contribution >= 4 is 23.2 Å². The average molecular weight is 523 g/mol. The number of thiophene rings is 1. The third-order valence-electron chi connectivity index (χ3n) is 6.55. The molecule has 1 aliphatic heterocycles. The summed E-state index contributed by atoms with van der Waals surface area (Å²) in [7, 11) is 3.17. The number of carbonyl (C=O) groups excluding carboxylic acids is 2. The lowest BCUT2D eigenvalue weighted by Crippen LogP contribution is -2.53. The molecule has 37 heavy (non-hydrogen) atoms. The molecule has 2 amide bonds. The summed E-state index contributed by atoms with van der Waals surface area (Å²) in [4.78, 5) is 32.1. The minimum absolute atomic E-state index is 0.0375. The molecule has 0 bridgehead atoms. The summed E-state index contributed by atoms with van der Waals surface area (Å²) in [6.07, 6.45) is 0.781. The van der Waals surface area contributed by atoms with E-state index in [0.29, 0.717) is 29.4 Å². The zero-order valence-corrected chi connectivity index (χ0v) is 22.8. The van der Waals surface area contributed by atoms with E-state index in [4.69, 9.17) is 14.2 Å². The van der Waals surface area contributed by atoms with Gasteiger partial charge >= 0.3 is 0 Å². The van der Waals surface area contributed by atoms with E-state index in [9.17, 15) is 9.59 Å². The maximum Gasteiger partial charge on any atom is 0.254 e. The molecular weight excluding hydrogens is 488 g/mol. The van der Waals surface area contributed by atoms with Gasteiger partial charge in [0.05, 0.1) is 20.3 Å². The number of carbonyl (C=O) groups is 2. The number of para-hydroxylation sites is 2. The number of hydrogen-bond donors (Lipinski definition) is 0. The second kappa shape index (κ2) is 11.3. The minimum atomic E-state index is -0.567. The van der Waals surface area contributed by atoms with Gasteiger partial charge in [-0.05, 0) is 74.5 Å². The van der Waals surface area contributed by atoms with Gasteiger partial charge in [-0.1, -0.05) is 18.2 Å². The smallest absolute Gasteiger partial charge is 0.254 e. The van der Waals surface area contributed by atoms with E-state index < -0.39 is 5.54 Å².